The van der Waals surface area contributed by atoms with Crippen molar-refractivity contribution in [2.75, 3.05) is 13.1 Å². The van der Waals surface area contributed by atoms with Crippen LogP contribution in [-0.2, 0) is 0 Å². The first-order valence-corrected chi connectivity index (χ1v) is 13.1. The zero-order chi connectivity index (χ0) is 23.3. The van der Waals surface area contributed by atoms with E-state index < -0.39 is 0 Å². The maximum atomic E-state index is 12.8. The maximum absolute atomic E-state index is 12.8. The van der Waals surface area contributed by atoms with Gasteiger partial charge in [0.05, 0.1) is 6.04 Å². The van der Waals surface area contributed by atoms with E-state index in [1.54, 1.807) is 0 Å². The SMILES string of the molecule is C[C@@H](/N=C/[C@H]1CCCC(c2ccc(C(=O)N3CCCCC3)cc2)C1)c1cccc2ccccc12. The molecule has 5 rings (SSSR count). The summed E-state index contributed by atoms with van der Waals surface area (Å²) in [7, 11) is 0. The van der Waals surface area contributed by atoms with Crippen LogP contribution < -0.4 is 0 Å². The molecule has 1 amide bonds. The minimum atomic E-state index is 0.159. The van der Waals surface area contributed by atoms with Gasteiger partial charge in [-0.25, -0.2) is 0 Å². The van der Waals surface area contributed by atoms with Gasteiger partial charge in [0.15, 0.2) is 0 Å². The molecule has 1 saturated carbocycles. The van der Waals surface area contributed by atoms with Crippen LogP contribution in [0, 0.1) is 5.92 Å². The molecule has 34 heavy (non-hydrogen) atoms. The van der Waals surface area contributed by atoms with Gasteiger partial charge in [0.25, 0.3) is 5.91 Å². The number of fused-ring (bicyclic) bond motifs is 1. The zero-order valence-electron chi connectivity index (χ0n) is 20.3. The Labute approximate surface area is 203 Å². The summed E-state index contributed by atoms with van der Waals surface area (Å²) in [6, 6.07) is 23.7. The highest BCUT2D eigenvalue weighted by Gasteiger charge is 2.23. The summed E-state index contributed by atoms with van der Waals surface area (Å²) in [5.41, 5.74) is 3.51. The normalized spacial score (nSPS) is 22.2. The van der Waals surface area contributed by atoms with E-state index in [1.165, 1.54) is 47.6 Å². The van der Waals surface area contributed by atoms with Gasteiger partial charge >= 0.3 is 0 Å². The van der Waals surface area contributed by atoms with Crippen molar-refractivity contribution < 1.29 is 4.79 Å². The van der Waals surface area contributed by atoms with Gasteiger partial charge in [0.2, 0.25) is 0 Å². The second-order valence-corrected chi connectivity index (χ2v) is 10.1. The van der Waals surface area contributed by atoms with Crippen molar-refractivity contribution in [3.63, 3.8) is 0 Å². The first kappa shape index (κ1) is 22.8. The molecule has 1 heterocycles. The van der Waals surface area contributed by atoms with Crippen molar-refractivity contribution in [3.05, 3.63) is 83.4 Å². The lowest BCUT2D eigenvalue weighted by Gasteiger charge is -2.28. The number of aliphatic imine (C=N–C) groups is 1. The second kappa shape index (κ2) is 10.5. The van der Waals surface area contributed by atoms with E-state index >= 15 is 0 Å². The van der Waals surface area contributed by atoms with Crippen molar-refractivity contribution >= 4 is 22.9 Å². The molecule has 176 valence electrons. The van der Waals surface area contributed by atoms with E-state index in [4.69, 9.17) is 4.99 Å². The van der Waals surface area contributed by atoms with Crippen molar-refractivity contribution in [1.29, 1.82) is 0 Å². The Balaban J connectivity index is 1.23. The van der Waals surface area contributed by atoms with E-state index in [1.807, 2.05) is 17.0 Å². The number of rotatable bonds is 5. The van der Waals surface area contributed by atoms with Crippen molar-refractivity contribution in [3.8, 4) is 0 Å². The first-order valence-electron chi connectivity index (χ1n) is 13.1. The summed E-state index contributed by atoms with van der Waals surface area (Å²) in [6.45, 7) is 4.01. The number of nitrogens with zero attached hydrogens (tertiary/aromatic N) is 2. The quantitative estimate of drug-likeness (QED) is 0.367. The third-order valence-electron chi connectivity index (χ3n) is 7.78. The molecule has 0 spiro atoms. The molecule has 1 aliphatic carbocycles. The monoisotopic (exact) mass is 452 g/mol. The van der Waals surface area contributed by atoms with Crippen LogP contribution in [0.3, 0.4) is 0 Å². The molecule has 1 unspecified atom stereocenters. The van der Waals surface area contributed by atoms with Gasteiger partial charge < -0.3 is 4.90 Å². The highest BCUT2D eigenvalue weighted by molar-refractivity contribution is 5.94. The number of hydrogen-bond acceptors (Lipinski definition) is 2. The number of piperidine rings is 1. The van der Waals surface area contributed by atoms with Crippen LogP contribution in [0.5, 0.6) is 0 Å². The Morgan fingerprint density at radius 3 is 2.50 bits per heavy atom. The fourth-order valence-corrected chi connectivity index (χ4v) is 5.79. The highest BCUT2D eigenvalue weighted by Crippen LogP contribution is 2.36. The van der Waals surface area contributed by atoms with Crippen LogP contribution in [0.25, 0.3) is 10.8 Å². The molecule has 1 saturated heterocycles. The summed E-state index contributed by atoms with van der Waals surface area (Å²) in [6.07, 6.45) is 10.6. The van der Waals surface area contributed by atoms with E-state index in [0.717, 1.165) is 37.9 Å². The summed E-state index contributed by atoms with van der Waals surface area (Å²) in [5.74, 6) is 1.27. The average molecular weight is 453 g/mol. The standard InChI is InChI=1S/C31H36N2O/c1-23(29-14-8-11-26-10-3-4-13-30(26)29)32-22-24-9-7-12-28(21-24)25-15-17-27(18-16-25)31(34)33-19-5-2-6-20-33/h3-4,8,10-11,13-18,22-24,28H,2,5-7,9,12,19-21H2,1H3/b32-22+/t23-,24+,28?/m1/s1. The molecule has 1 aliphatic heterocycles. The molecule has 3 heteroatoms. The molecule has 2 aliphatic rings. The summed E-state index contributed by atoms with van der Waals surface area (Å²) >= 11 is 0. The smallest absolute Gasteiger partial charge is 0.253 e. The average Bonchev–Trinajstić information content (AvgIpc) is 2.92. The van der Waals surface area contributed by atoms with Gasteiger partial charge in [-0.05, 0) is 91.3 Å². The van der Waals surface area contributed by atoms with E-state index in [0.29, 0.717) is 11.8 Å². The largest absolute Gasteiger partial charge is 0.339 e. The van der Waals surface area contributed by atoms with Crippen molar-refractivity contribution in [1.82, 2.24) is 4.90 Å². The minimum absolute atomic E-state index is 0.159. The lowest BCUT2D eigenvalue weighted by Crippen LogP contribution is -2.35. The molecule has 3 nitrogen and oxygen atoms in total. The van der Waals surface area contributed by atoms with Crippen LogP contribution >= 0.6 is 0 Å². The van der Waals surface area contributed by atoms with Gasteiger partial charge in [-0.1, -0.05) is 61.0 Å². The van der Waals surface area contributed by atoms with Crippen LogP contribution in [-0.4, -0.2) is 30.1 Å². The van der Waals surface area contributed by atoms with E-state index in [-0.39, 0.29) is 11.9 Å². The summed E-state index contributed by atoms with van der Waals surface area (Å²) in [5, 5.41) is 2.58. The molecule has 0 radical (unpaired) electrons. The van der Waals surface area contributed by atoms with Crippen molar-refractivity contribution in [2.45, 2.75) is 63.8 Å². The Morgan fingerprint density at radius 2 is 1.68 bits per heavy atom. The number of carbonyl (C=O) groups excluding carboxylic acids is 1. The third kappa shape index (κ3) is 5.09. The highest BCUT2D eigenvalue weighted by atomic mass is 16.2. The predicted molar refractivity (Wildman–Crippen MR) is 142 cm³/mol. The van der Waals surface area contributed by atoms with Gasteiger partial charge in [0.1, 0.15) is 0 Å². The predicted octanol–water partition coefficient (Wildman–Crippen LogP) is 7.57. The van der Waals surface area contributed by atoms with Gasteiger partial charge in [-0.15, -0.1) is 0 Å². The molecule has 0 N–H and O–H groups in total. The Morgan fingerprint density at radius 1 is 0.912 bits per heavy atom. The molecular formula is C31H36N2O. The van der Waals surface area contributed by atoms with E-state index in [9.17, 15) is 4.79 Å². The Hall–Kier alpha value is -2.94. The molecule has 3 aromatic carbocycles. The minimum Gasteiger partial charge on any atom is -0.339 e. The lowest BCUT2D eigenvalue weighted by molar-refractivity contribution is 0.0724. The van der Waals surface area contributed by atoms with Gasteiger partial charge in [-0.2, -0.15) is 0 Å². The Kier molecular flexibility index (Phi) is 7.08. The van der Waals surface area contributed by atoms with Gasteiger partial charge in [0, 0.05) is 24.9 Å². The van der Waals surface area contributed by atoms with Crippen LogP contribution in [0.2, 0.25) is 0 Å². The van der Waals surface area contributed by atoms with Crippen LogP contribution in [0.1, 0.15) is 85.3 Å². The maximum Gasteiger partial charge on any atom is 0.253 e. The second-order valence-electron chi connectivity index (χ2n) is 10.1. The van der Waals surface area contributed by atoms with Crippen LogP contribution in [0.15, 0.2) is 71.7 Å². The molecule has 3 aromatic rings. The number of amides is 1. The van der Waals surface area contributed by atoms with Crippen LogP contribution in [0.4, 0.5) is 0 Å². The number of carbonyl (C=O) groups is 1. The number of hydrogen-bond donors (Lipinski definition) is 0. The van der Waals surface area contributed by atoms with Gasteiger partial charge in [-0.3, -0.25) is 9.79 Å². The van der Waals surface area contributed by atoms with E-state index in [2.05, 4.69) is 67.7 Å². The molecule has 0 aromatic heterocycles. The summed E-state index contributed by atoms with van der Waals surface area (Å²) in [4.78, 5) is 19.8. The molecule has 0 bridgehead atoms. The zero-order valence-corrected chi connectivity index (χ0v) is 20.3. The number of likely N-dealkylation sites (tertiary alicyclic amines) is 1. The van der Waals surface area contributed by atoms with Crippen molar-refractivity contribution in [2.24, 2.45) is 10.9 Å². The number of benzene rings is 3. The molecular weight excluding hydrogens is 416 g/mol. The molecule has 3 atom stereocenters. The molecule has 2 fully saturated rings. The first-order chi connectivity index (χ1) is 16.7. The fraction of sp³-hybridized carbons (Fsp3) is 0.419. The third-order valence-corrected chi connectivity index (χ3v) is 7.78. The fourth-order valence-electron chi connectivity index (χ4n) is 5.79. The topological polar surface area (TPSA) is 32.7 Å². The lowest BCUT2D eigenvalue weighted by atomic mass is 9.78. The Bertz CT molecular complexity index is 1140. The summed E-state index contributed by atoms with van der Waals surface area (Å²) < 4.78 is 0.